The fourth-order valence-corrected chi connectivity index (χ4v) is 7.76. The lowest BCUT2D eigenvalue weighted by Gasteiger charge is -2.28. The molecule has 3 aromatic carbocycles. The summed E-state index contributed by atoms with van der Waals surface area (Å²) in [5.41, 5.74) is 5.36. The van der Waals surface area contributed by atoms with Gasteiger partial charge in [-0.3, -0.25) is 24.3 Å². The van der Waals surface area contributed by atoms with Gasteiger partial charge < -0.3 is 19.9 Å². The van der Waals surface area contributed by atoms with E-state index in [0.29, 0.717) is 43.2 Å². The average Bonchev–Trinajstić information content (AvgIpc) is 3.78. The molecule has 3 saturated heterocycles. The quantitative estimate of drug-likeness (QED) is 0.218. The lowest BCUT2D eigenvalue weighted by Crippen LogP contribution is -2.43. The number of morpholine rings is 1. The summed E-state index contributed by atoms with van der Waals surface area (Å²) in [4.78, 5) is 55.2. The van der Waals surface area contributed by atoms with Crippen molar-refractivity contribution in [3.05, 3.63) is 120 Å². The molecular weight excluding hydrogens is 649 g/mol. The van der Waals surface area contributed by atoms with Crippen molar-refractivity contribution >= 4 is 51.7 Å². The molecule has 2 atom stereocenters. The molecule has 1 N–H and O–H groups in total. The largest absolute Gasteiger partial charge is 0.378 e. The smallest absolute Gasteiger partial charge is 0.247 e. The molecule has 256 valence electrons. The van der Waals surface area contributed by atoms with Gasteiger partial charge in [-0.15, -0.1) is 0 Å². The van der Waals surface area contributed by atoms with Gasteiger partial charge in [-0.1, -0.05) is 60.3 Å². The van der Waals surface area contributed by atoms with Crippen LogP contribution in [0.15, 0.2) is 108 Å². The molecular formula is C39H40N6O4S. The summed E-state index contributed by atoms with van der Waals surface area (Å²) < 4.78 is 5.49. The number of amidine groups is 1. The Balaban J connectivity index is 1.03. The third-order valence-corrected chi connectivity index (χ3v) is 10.5. The monoisotopic (exact) mass is 688 g/mol. The Hall–Kier alpha value is -5.00. The third kappa shape index (κ3) is 7.90. The molecule has 4 heterocycles. The van der Waals surface area contributed by atoms with Gasteiger partial charge in [-0.25, -0.2) is 4.99 Å². The molecule has 3 aliphatic rings. The number of carbonyl (C=O) groups is 3. The van der Waals surface area contributed by atoms with Crippen LogP contribution in [-0.4, -0.2) is 76.6 Å². The molecule has 0 aliphatic carbocycles. The first-order valence-corrected chi connectivity index (χ1v) is 18.0. The predicted octanol–water partition coefficient (Wildman–Crippen LogP) is 5.98. The lowest BCUT2D eigenvalue weighted by molar-refractivity contribution is -0.136. The van der Waals surface area contributed by atoms with Gasteiger partial charge in [0.2, 0.25) is 17.7 Å². The van der Waals surface area contributed by atoms with Crippen LogP contribution >= 0.6 is 11.8 Å². The number of likely N-dealkylation sites (tertiary alicyclic amines) is 1. The number of carbonyl (C=O) groups excluding carboxylic acids is 3. The summed E-state index contributed by atoms with van der Waals surface area (Å²) in [5.74, 6) is -0.249. The number of rotatable bonds is 10. The summed E-state index contributed by atoms with van der Waals surface area (Å²) in [6.45, 7) is 4.09. The molecule has 1 aromatic heterocycles. The topological polar surface area (TPSA) is 107 Å². The molecule has 3 fully saturated rings. The lowest BCUT2D eigenvalue weighted by atomic mass is 10.1. The van der Waals surface area contributed by atoms with Crippen LogP contribution in [0.1, 0.15) is 41.2 Å². The van der Waals surface area contributed by atoms with Gasteiger partial charge in [0.05, 0.1) is 25.4 Å². The normalized spacial score (nSPS) is 20.0. The van der Waals surface area contributed by atoms with Crippen molar-refractivity contribution in [1.82, 2.24) is 14.8 Å². The van der Waals surface area contributed by atoms with Crippen molar-refractivity contribution in [2.75, 3.05) is 43.1 Å². The molecule has 10 nitrogen and oxygen atoms in total. The van der Waals surface area contributed by atoms with E-state index in [1.807, 2.05) is 78.9 Å². The number of aromatic nitrogens is 1. The molecule has 0 bridgehead atoms. The van der Waals surface area contributed by atoms with E-state index in [-0.39, 0.29) is 17.7 Å². The minimum atomic E-state index is -0.493. The first-order chi connectivity index (χ1) is 24.5. The van der Waals surface area contributed by atoms with Crippen molar-refractivity contribution in [1.29, 1.82) is 0 Å². The van der Waals surface area contributed by atoms with Gasteiger partial charge in [-0.2, -0.15) is 0 Å². The highest BCUT2D eigenvalue weighted by molar-refractivity contribution is 8.15. The van der Waals surface area contributed by atoms with Crippen molar-refractivity contribution in [2.24, 2.45) is 4.99 Å². The van der Waals surface area contributed by atoms with E-state index >= 15 is 0 Å². The maximum Gasteiger partial charge on any atom is 0.247 e. The Morgan fingerprint density at radius 2 is 1.66 bits per heavy atom. The fraction of sp³-hybridized carbons (Fsp3) is 0.308. The first kappa shape index (κ1) is 33.5. The predicted molar refractivity (Wildman–Crippen MR) is 196 cm³/mol. The van der Waals surface area contributed by atoms with Gasteiger partial charge in [-0.05, 0) is 78.4 Å². The highest BCUT2D eigenvalue weighted by atomic mass is 32.2. The first-order valence-electron chi connectivity index (χ1n) is 17.1. The van der Waals surface area contributed by atoms with Crippen molar-refractivity contribution in [3.63, 3.8) is 0 Å². The molecule has 0 saturated carbocycles. The summed E-state index contributed by atoms with van der Waals surface area (Å²) in [6, 6.07) is 28.7. The highest BCUT2D eigenvalue weighted by Crippen LogP contribution is 2.41. The van der Waals surface area contributed by atoms with Crippen LogP contribution < -0.4 is 10.2 Å². The number of hydrogen-bond donors (Lipinski definition) is 1. The Morgan fingerprint density at radius 1 is 0.900 bits per heavy atom. The van der Waals surface area contributed by atoms with Crippen molar-refractivity contribution < 1.29 is 19.1 Å². The van der Waals surface area contributed by atoms with Crippen molar-refractivity contribution in [2.45, 2.75) is 43.5 Å². The number of benzene rings is 3. The van der Waals surface area contributed by atoms with E-state index in [1.54, 1.807) is 22.2 Å². The number of nitrogens with one attached hydrogen (secondary N) is 1. The summed E-state index contributed by atoms with van der Waals surface area (Å²) in [7, 11) is 0. The molecule has 50 heavy (non-hydrogen) atoms. The number of aliphatic imine (C=N–C) groups is 1. The maximum atomic E-state index is 13.9. The second-order valence-electron chi connectivity index (χ2n) is 12.6. The number of anilines is 2. The SMILES string of the molecule is O=C(Nc1ccc(C2S/C(=N\c3ccc(N4CCOCC4)cc3)N(Cc3cccnc3)C2=O)cc1)[C@@H]1CCCN1C(=O)CCc1ccccc1. The summed E-state index contributed by atoms with van der Waals surface area (Å²) >= 11 is 1.42. The molecule has 4 aromatic rings. The van der Waals surface area contributed by atoms with E-state index in [9.17, 15) is 14.4 Å². The standard InChI is InChI=1S/C39H40N6O4S/c46-35(19-10-28-6-2-1-3-7-28)44-21-5-9-34(44)37(47)41-31-13-11-30(12-14-31)36-38(48)45(27-29-8-4-20-40-26-29)39(50-36)42-32-15-17-33(18-16-32)43-22-24-49-25-23-43/h1-4,6-8,11-18,20,26,34,36H,5,9-10,19,21-25,27H2,(H,41,47)/b42-39-/t34-,36?/m0/s1. The molecule has 11 heteroatoms. The van der Waals surface area contributed by atoms with E-state index in [1.165, 1.54) is 11.8 Å². The number of thioether (sulfide) groups is 1. The van der Waals surface area contributed by atoms with Crippen LogP contribution in [0.3, 0.4) is 0 Å². The van der Waals surface area contributed by atoms with E-state index in [2.05, 4.69) is 27.3 Å². The van der Waals surface area contributed by atoms with Crippen LogP contribution in [0.2, 0.25) is 0 Å². The molecule has 0 radical (unpaired) electrons. The van der Waals surface area contributed by atoms with E-state index < -0.39 is 11.3 Å². The van der Waals surface area contributed by atoms with Crippen LogP contribution in [0.4, 0.5) is 17.1 Å². The summed E-state index contributed by atoms with van der Waals surface area (Å²) in [5, 5.41) is 3.14. The number of ether oxygens (including phenoxy) is 1. The Labute approximate surface area is 296 Å². The third-order valence-electron chi connectivity index (χ3n) is 9.29. The van der Waals surface area contributed by atoms with Crippen LogP contribution in [0.5, 0.6) is 0 Å². The molecule has 1 unspecified atom stereocenters. The van der Waals surface area contributed by atoms with Gasteiger partial charge in [0, 0.05) is 49.8 Å². The Morgan fingerprint density at radius 3 is 2.40 bits per heavy atom. The van der Waals surface area contributed by atoms with Gasteiger partial charge >= 0.3 is 0 Å². The van der Waals surface area contributed by atoms with Gasteiger partial charge in [0.25, 0.3) is 0 Å². The molecule has 3 aliphatic heterocycles. The zero-order chi connectivity index (χ0) is 34.3. The van der Waals surface area contributed by atoms with E-state index in [0.717, 1.165) is 60.8 Å². The minimum Gasteiger partial charge on any atom is -0.378 e. The molecule has 0 spiro atoms. The zero-order valence-corrected chi connectivity index (χ0v) is 28.6. The van der Waals surface area contributed by atoms with Crippen LogP contribution in [0, 0.1) is 0 Å². The Bertz CT molecular complexity index is 1820. The molecule has 7 rings (SSSR count). The highest BCUT2D eigenvalue weighted by Gasteiger charge is 2.39. The van der Waals surface area contributed by atoms with Crippen molar-refractivity contribution in [3.8, 4) is 0 Å². The fourth-order valence-electron chi connectivity index (χ4n) is 6.59. The second-order valence-corrected chi connectivity index (χ2v) is 13.7. The maximum absolute atomic E-state index is 13.9. The minimum absolute atomic E-state index is 0.0000251. The van der Waals surface area contributed by atoms with Crippen LogP contribution in [0.25, 0.3) is 0 Å². The Kier molecular flexibility index (Phi) is 10.5. The second kappa shape index (κ2) is 15.7. The molecule has 3 amide bonds. The zero-order valence-electron chi connectivity index (χ0n) is 27.8. The number of hydrogen-bond acceptors (Lipinski definition) is 8. The van der Waals surface area contributed by atoms with Gasteiger partial charge in [0.15, 0.2) is 5.17 Å². The number of pyridine rings is 1. The number of nitrogens with zero attached hydrogens (tertiary/aromatic N) is 5. The number of amides is 3. The average molecular weight is 689 g/mol. The van der Waals surface area contributed by atoms with E-state index in [4.69, 9.17) is 9.73 Å². The summed E-state index contributed by atoms with van der Waals surface area (Å²) in [6.07, 6.45) is 5.94. The number of aryl methyl sites for hydroxylation is 1. The van der Waals surface area contributed by atoms with Crippen LogP contribution in [-0.2, 0) is 32.1 Å². The van der Waals surface area contributed by atoms with Gasteiger partial charge in [0.1, 0.15) is 11.3 Å².